The van der Waals surface area contributed by atoms with Crippen LogP contribution in [0.15, 0.2) is 35.7 Å². The predicted octanol–water partition coefficient (Wildman–Crippen LogP) is 1.41. The third kappa shape index (κ3) is 3.17. The first-order chi connectivity index (χ1) is 9.08. The van der Waals surface area contributed by atoms with Crippen molar-refractivity contribution in [1.82, 2.24) is 10.3 Å². The molecule has 0 saturated carbocycles. The van der Waals surface area contributed by atoms with Crippen LogP contribution in [0.1, 0.15) is 27.1 Å². The van der Waals surface area contributed by atoms with E-state index in [1.54, 1.807) is 29.6 Å². The molecule has 98 valence electrons. The Kier molecular flexibility index (Phi) is 3.91. The Balaban J connectivity index is 2.18. The molecule has 19 heavy (non-hydrogen) atoms. The lowest BCUT2D eigenvalue weighted by Crippen LogP contribution is -2.37. The molecule has 2 aromatic rings. The van der Waals surface area contributed by atoms with Gasteiger partial charge in [-0.15, -0.1) is 11.3 Å². The van der Waals surface area contributed by atoms with Crippen LogP contribution in [0.3, 0.4) is 0 Å². The molecule has 3 N–H and O–H groups in total. The number of carbonyl (C=O) groups is 2. The Morgan fingerprint density at radius 1 is 1.32 bits per heavy atom. The van der Waals surface area contributed by atoms with Gasteiger partial charge in [0.1, 0.15) is 11.7 Å². The van der Waals surface area contributed by atoms with Crippen LogP contribution >= 0.6 is 11.3 Å². The summed E-state index contributed by atoms with van der Waals surface area (Å²) in [4.78, 5) is 27.5. The summed E-state index contributed by atoms with van der Waals surface area (Å²) in [7, 11) is 0. The van der Waals surface area contributed by atoms with Crippen LogP contribution in [-0.2, 0) is 4.79 Å². The standard InChI is InChI=1S/C13H13N3O2S/c1-8-15-10(7-19-8)13(18)16-11(12(14)17)9-5-3-2-4-6-9/h2-7,11H,1H3,(H2,14,17)(H,16,18). The molecule has 1 aromatic carbocycles. The summed E-state index contributed by atoms with van der Waals surface area (Å²) in [6, 6.07) is 8.02. The number of nitrogens with zero attached hydrogens (tertiary/aromatic N) is 1. The zero-order valence-electron chi connectivity index (χ0n) is 10.3. The van der Waals surface area contributed by atoms with Gasteiger partial charge in [-0.2, -0.15) is 0 Å². The molecule has 0 spiro atoms. The first kappa shape index (κ1) is 13.2. The number of hydrogen-bond acceptors (Lipinski definition) is 4. The van der Waals surface area contributed by atoms with Gasteiger partial charge in [-0.3, -0.25) is 9.59 Å². The lowest BCUT2D eigenvalue weighted by Gasteiger charge is -2.14. The summed E-state index contributed by atoms with van der Waals surface area (Å²) in [5.41, 5.74) is 6.27. The number of benzene rings is 1. The number of nitrogens with two attached hydrogens (primary N) is 1. The van der Waals surface area contributed by atoms with E-state index in [-0.39, 0.29) is 0 Å². The highest BCUT2D eigenvalue weighted by molar-refractivity contribution is 7.09. The maximum atomic E-state index is 12.0. The molecule has 0 aliphatic rings. The molecule has 1 unspecified atom stereocenters. The van der Waals surface area contributed by atoms with Crippen molar-refractivity contribution in [2.75, 3.05) is 0 Å². The number of primary amides is 1. The number of amides is 2. The zero-order valence-corrected chi connectivity index (χ0v) is 11.1. The van der Waals surface area contributed by atoms with E-state index < -0.39 is 17.9 Å². The molecule has 1 atom stereocenters. The highest BCUT2D eigenvalue weighted by Crippen LogP contribution is 2.14. The van der Waals surface area contributed by atoms with Gasteiger partial charge in [0.15, 0.2) is 0 Å². The van der Waals surface area contributed by atoms with E-state index >= 15 is 0 Å². The van der Waals surface area contributed by atoms with Gasteiger partial charge in [-0.1, -0.05) is 30.3 Å². The zero-order chi connectivity index (χ0) is 13.8. The quantitative estimate of drug-likeness (QED) is 0.884. The first-order valence-corrected chi connectivity index (χ1v) is 6.53. The number of aromatic nitrogens is 1. The summed E-state index contributed by atoms with van der Waals surface area (Å²) < 4.78 is 0. The summed E-state index contributed by atoms with van der Waals surface area (Å²) in [6.07, 6.45) is 0. The second kappa shape index (κ2) is 5.62. The molecule has 0 radical (unpaired) electrons. The van der Waals surface area contributed by atoms with Crippen LogP contribution in [-0.4, -0.2) is 16.8 Å². The fraction of sp³-hybridized carbons (Fsp3) is 0.154. The molecule has 1 heterocycles. The van der Waals surface area contributed by atoms with Crippen molar-refractivity contribution >= 4 is 23.2 Å². The maximum absolute atomic E-state index is 12.0. The molecule has 0 aliphatic heterocycles. The number of aryl methyl sites for hydroxylation is 1. The van der Waals surface area contributed by atoms with E-state index in [1.165, 1.54) is 11.3 Å². The molecule has 6 heteroatoms. The summed E-state index contributed by atoms with van der Waals surface area (Å²) in [6.45, 7) is 1.81. The fourth-order valence-electron chi connectivity index (χ4n) is 1.64. The number of hydrogen-bond donors (Lipinski definition) is 2. The molecule has 0 aliphatic carbocycles. The second-order valence-corrected chi connectivity index (χ2v) is 5.03. The van der Waals surface area contributed by atoms with E-state index in [1.807, 2.05) is 13.0 Å². The van der Waals surface area contributed by atoms with Crippen molar-refractivity contribution in [3.05, 3.63) is 52.0 Å². The number of carbonyl (C=O) groups excluding carboxylic acids is 2. The van der Waals surface area contributed by atoms with Crippen molar-refractivity contribution in [3.8, 4) is 0 Å². The van der Waals surface area contributed by atoms with E-state index in [2.05, 4.69) is 10.3 Å². The van der Waals surface area contributed by atoms with Crippen LogP contribution in [0, 0.1) is 6.92 Å². The molecular weight excluding hydrogens is 262 g/mol. The Labute approximate surface area is 114 Å². The third-order valence-corrected chi connectivity index (χ3v) is 3.32. The number of nitrogens with one attached hydrogen (secondary N) is 1. The van der Waals surface area contributed by atoms with Gasteiger partial charge in [0, 0.05) is 5.38 Å². The normalized spacial score (nSPS) is 11.8. The smallest absolute Gasteiger partial charge is 0.271 e. The Morgan fingerprint density at radius 2 is 2.00 bits per heavy atom. The van der Waals surface area contributed by atoms with Crippen molar-refractivity contribution < 1.29 is 9.59 Å². The predicted molar refractivity (Wildman–Crippen MR) is 72.7 cm³/mol. The number of rotatable bonds is 4. The van der Waals surface area contributed by atoms with Gasteiger partial charge in [0.05, 0.1) is 5.01 Å². The summed E-state index contributed by atoms with van der Waals surface area (Å²) in [5.74, 6) is -1.01. The van der Waals surface area contributed by atoms with Crippen molar-refractivity contribution in [2.45, 2.75) is 13.0 Å². The Morgan fingerprint density at radius 3 is 2.53 bits per heavy atom. The summed E-state index contributed by atoms with van der Waals surface area (Å²) >= 11 is 1.38. The molecule has 2 amide bonds. The minimum atomic E-state index is -0.851. The first-order valence-electron chi connectivity index (χ1n) is 5.65. The second-order valence-electron chi connectivity index (χ2n) is 3.97. The molecule has 0 saturated heterocycles. The SMILES string of the molecule is Cc1nc(C(=O)NC(C(N)=O)c2ccccc2)cs1. The highest BCUT2D eigenvalue weighted by Gasteiger charge is 2.21. The van der Waals surface area contributed by atoms with E-state index in [9.17, 15) is 9.59 Å². The Bertz CT molecular complexity index is 595. The summed E-state index contributed by atoms with van der Waals surface area (Å²) in [5, 5.41) is 5.03. The van der Waals surface area contributed by atoms with Crippen molar-refractivity contribution in [2.24, 2.45) is 5.73 Å². The van der Waals surface area contributed by atoms with Gasteiger partial charge in [0.2, 0.25) is 5.91 Å². The average molecular weight is 275 g/mol. The molecule has 2 rings (SSSR count). The number of thiazole rings is 1. The van der Waals surface area contributed by atoms with Crippen LogP contribution < -0.4 is 11.1 Å². The molecule has 0 bridgehead atoms. The maximum Gasteiger partial charge on any atom is 0.271 e. The lowest BCUT2D eigenvalue weighted by molar-refractivity contribution is -0.120. The van der Waals surface area contributed by atoms with Gasteiger partial charge in [0.25, 0.3) is 5.91 Å². The Hall–Kier alpha value is -2.21. The van der Waals surface area contributed by atoms with Crippen LogP contribution in [0.4, 0.5) is 0 Å². The monoisotopic (exact) mass is 275 g/mol. The largest absolute Gasteiger partial charge is 0.368 e. The highest BCUT2D eigenvalue weighted by atomic mass is 32.1. The molecule has 1 aromatic heterocycles. The van der Waals surface area contributed by atoms with E-state index in [4.69, 9.17) is 5.73 Å². The van der Waals surface area contributed by atoms with E-state index in [0.29, 0.717) is 11.3 Å². The van der Waals surface area contributed by atoms with Crippen LogP contribution in [0.2, 0.25) is 0 Å². The minimum Gasteiger partial charge on any atom is -0.368 e. The molecule has 5 nitrogen and oxygen atoms in total. The van der Waals surface area contributed by atoms with Gasteiger partial charge in [-0.25, -0.2) is 4.98 Å². The third-order valence-electron chi connectivity index (χ3n) is 2.54. The molecular formula is C13H13N3O2S. The topological polar surface area (TPSA) is 85.1 Å². The van der Waals surface area contributed by atoms with Gasteiger partial charge >= 0.3 is 0 Å². The van der Waals surface area contributed by atoms with Gasteiger partial charge < -0.3 is 11.1 Å². The average Bonchev–Trinajstić information content (AvgIpc) is 2.83. The molecule has 0 fully saturated rings. The van der Waals surface area contributed by atoms with Crippen LogP contribution in [0.25, 0.3) is 0 Å². The van der Waals surface area contributed by atoms with Crippen molar-refractivity contribution in [3.63, 3.8) is 0 Å². The lowest BCUT2D eigenvalue weighted by atomic mass is 10.1. The van der Waals surface area contributed by atoms with Gasteiger partial charge in [-0.05, 0) is 12.5 Å². The van der Waals surface area contributed by atoms with Crippen LogP contribution in [0.5, 0.6) is 0 Å². The fourth-order valence-corrected chi connectivity index (χ4v) is 2.23. The minimum absolute atomic E-state index is 0.296. The van der Waals surface area contributed by atoms with E-state index in [0.717, 1.165) is 5.01 Å². The van der Waals surface area contributed by atoms with Crippen molar-refractivity contribution in [1.29, 1.82) is 0 Å².